The van der Waals surface area contributed by atoms with E-state index in [4.69, 9.17) is 14.6 Å². The van der Waals surface area contributed by atoms with Crippen molar-refractivity contribution in [3.8, 4) is 16.9 Å². The summed E-state index contributed by atoms with van der Waals surface area (Å²) >= 11 is 0. The molecule has 1 aliphatic rings. The average molecular weight is 395 g/mol. The number of carbonyl (C=O) groups is 1. The molecule has 0 radical (unpaired) electrons. The first-order valence-corrected chi connectivity index (χ1v) is 10.4. The Morgan fingerprint density at radius 1 is 1.10 bits per heavy atom. The minimum atomic E-state index is -0.477. The van der Waals surface area contributed by atoms with E-state index in [1.165, 1.54) is 31.2 Å². The van der Waals surface area contributed by atoms with Crippen LogP contribution in [0.25, 0.3) is 11.1 Å². The second kappa shape index (κ2) is 10.3. The van der Waals surface area contributed by atoms with Crippen molar-refractivity contribution >= 4 is 5.97 Å². The van der Waals surface area contributed by atoms with Gasteiger partial charge in [0.25, 0.3) is 0 Å². The van der Waals surface area contributed by atoms with Gasteiger partial charge in [-0.1, -0.05) is 56.7 Å². The van der Waals surface area contributed by atoms with Gasteiger partial charge in [-0.05, 0) is 53.5 Å². The summed E-state index contributed by atoms with van der Waals surface area (Å²) in [5, 5.41) is 9.03. The van der Waals surface area contributed by atoms with Crippen LogP contribution >= 0.6 is 0 Å². The Hall–Kier alpha value is -2.59. The maximum atomic E-state index is 11.5. The van der Waals surface area contributed by atoms with Gasteiger partial charge in [-0.2, -0.15) is 0 Å². The van der Waals surface area contributed by atoms with Crippen molar-refractivity contribution in [3.63, 3.8) is 0 Å². The number of benzene rings is 2. The summed E-state index contributed by atoms with van der Waals surface area (Å²) in [5.74, 6) is 1.65. The van der Waals surface area contributed by atoms with Crippen molar-refractivity contribution in [2.75, 3.05) is 13.2 Å². The molecule has 3 rings (SSSR count). The highest BCUT2D eigenvalue weighted by atomic mass is 16.5. The summed E-state index contributed by atoms with van der Waals surface area (Å²) in [7, 11) is 0. The van der Waals surface area contributed by atoms with Crippen molar-refractivity contribution in [1.82, 2.24) is 0 Å². The Bertz CT molecular complexity index is 817. The molecule has 29 heavy (non-hydrogen) atoms. The Morgan fingerprint density at radius 2 is 1.79 bits per heavy atom. The van der Waals surface area contributed by atoms with Crippen molar-refractivity contribution < 1.29 is 19.4 Å². The first-order valence-electron chi connectivity index (χ1n) is 10.4. The molecule has 0 amide bonds. The van der Waals surface area contributed by atoms with E-state index < -0.39 is 5.97 Å². The highest BCUT2D eigenvalue weighted by Crippen LogP contribution is 2.36. The van der Waals surface area contributed by atoms with Crippen LogP contribution in [0.5, 0.6) is 5.75 Å². The van der Waals surface area contributed by atoms with E-state index in [2.05, 4.69) is 37.8 Å². The van der Waals surface area contributed by atoms with Crippen LogP contribution in [0, 0.1) is 5.92 Å². The van der Waals surface area contributed by atoms with Crippen LogP contribution in [0.1, 0.15) is 49.7 Å². The molecule has 1 fully saturated rings. The number of rotatable bonds is 8. The Labute approximate surface area is 173 Å². The third kappa shape index (κ3) is 5.70. The Balaban J connectivity index is 1.78. The SMILES string of the molecule is C=CC(=O)OCc1cc(-c2ccc(C3CCC(C)CC3)cc2)ccc1OCCO. The molecule has 4 heteroatoms. The lowest BCUT2D eigenvalue weighted by Crippen LogP contribution is -2.10. The van der Waals surface area contributed by atoms with Gasteiger partial charge in [-0.15, -0.1) is 0 Å². The average Bonchev–Trinajstić information content (AvgIpc) is 2.77. The highest BCUT2D eigenvalue weighted by molar-refractivity contribution is 5.81. The summed E-state index contributed by atoms with van der Waals surface area (Å²) in [4.78, 5) is 11.5. The van der Waals surface area contributed by atoms with Gasteiger partial charge in [0.05, 0.1) is 6.61 Å². The topological polar surface area (TPSA) is 55.8 Å². The van der Waals surface area contributed by atoms with Crippen LogP contribution < -0.4 is 4.74 Å². The van der Waals surface area contributed by atoms with E-state index in [0.717, 1.165) is 28.7 Å². The molecule has 0 unspecified atom stereocenters. The van der Waals surface area contributed by atoms with Crippen molar-refractivity contribution in [2.24, 2.45) is 5.92 Å². The summed E-state index contributed by atoms with van der Waals surface area (Å²) < 4.78 is 10.8. The van der Waals surface area contributed by atoms with Gasteiger partial charge < -0.3 is 14.6 Å². The lowest BCUT2D eigenvalue weighted by molar-refractivity contribution is -0.139. The number of aliphatic hydroxyl groups is 1. The molecule has 2 aromatic rings. The number of esters is 1. The Morgan fingerprint density at radius 3 is 2.45 bits per heavy atom. The molecule has 1 saturated carbocycles. The van der Waals surface area contributed by atoms with E-state index in [-0.39, 0.29) is 19.8 Å². The molecule has 0 atom stereocenters. The third-order valence-corrected chi connectivity index (χ3v) is 5.68. The molecule has 0 saturated heterocycles. The highest BCUT2D eigenvalue weighted by Gasteiger charge is 2.19. The van der Waals surface area contributed by atoms with Crippen LogP contribution in [-0.2, 0) is 16.1 Å². The number of carbonyl (C=O) groups excluding carboxylic acids is 1. The molecular weight excluding hydrogens is 364 g/mol. The monoisotopic (exact) mass is 394 g/mol. The Kier molecular flexibility index (Phi) is 7.48. The fourth-order valence-corrected chi connectivity index (χ4v) is 3.92. The smallest absolute Gasteiger partial charge is 0.330 e. The second-order valence-corrected chi connectivity index (χ2v) is 7.79. The molecule has 1 aliphatic carbocycles. The minimum Gasteiger partial charge on any atom is -0.491 e. The van der Waals surface area contributed by atoms with Gasteiger partial charge in [-0.25, -0.2) is 4.79 Å². The van der Waals surface area contributed by atoms with E-state index in [1.807, 2.05) is 18.2 Å². The molecule has 154 valence electrons. The van der Waals surface area contributed by atoms with Crippen molar-refractivity contribution in [2.45, 2.75) is 45.1 Å². The van der Waals surface area contributed by atoms with Gasteiger partial charge in [0.1, 0.15) is 19.0 Å². The summed E-state index contributed by atoms with van der Waals surface area (Å²) in [6.07, 6.45) is 6.32. The van der Waals surface area contributed by atoms with Crippen LogP contribution in [0.2, 0.25) is 0 Å². The van der Waals surface area contributed by atoms with Crippen LogP contribution in [-0.4, -0.2) is 24.3 Å². The van der Waals surface area contributed by atoms with Gasteiger partial charge in [0.15, 0.2) is 0 Å². The second-order valence-electron chi connectivity index (χ2n) is 7.79. The standard InChI is InChI=1S/C25H30O4/c1-3-25(27)29-17-23-16-22(12-13-24(23)28-15-14-26)21-10-8-20(9-11-21)19-6-4-18(2)5-7-19/h3,8-13,16,18-19,26H,1,4-7,14-15,17H2,2H3. The predicted molar refractivity (Wildman–Crippen MR) is 115 cm³/mol. The van der Waals surface area contributed by atoms with Crippen LogP contribution in [0.4, 0.5) is 0 Å². The third-order valence-electron chi connectivity index (χ3n) is 5.68. The first-order chi connectivity index (χ1) is 14.1. The van der Waals surface area contributed by atoms with Gasteiger partial charge in [-0.3, -0.25) is 0 Å². The molecule has 0 heterocycles. The number of hydrogen-bond donors (Lipinski definition) is 1. The van der Waals surface area contributed by atoms with Crippen LogP contribution in [0.3, 0.4) is 0 Å². The van der Waals surface area contributed by atoms with E-state index in [1.54, 1.807) is 0 Å². The van der Waals surface area contributed by atoms with Crippen LogP contribution in [0.15, 0.2) is 55.1 Å². The number of ether oxygens (including phenoxy) is 2. The summed E-state index contributed by atoms with van der Waals surface area (Å²) in [6.45, 7) is 5.98. The lowest BCUT2D eigenvalue weighted by atomic mass is 9.79. The van der Waals surface area contributed by atoms with E-state index in [0.29, 0.717) is 11.7 Å². The zero-order valence-electron chi connectivity index (χ0n) is 17.1. The molecular formula is C25H30O4. The predicted octanol–water partition coefficient (Wildman–Crippen LogP) is 5.25. The van der Waals surface area contributed by atoms with Gasteiger partial charge >= 0.3 is 5.97 Å². The normalized spacial score (nSPS) is 18.8. The zero-order chi connectivity index (χ0) is 20.6. The fourth-order valence-electron chi connectivity index (χ4n) is 3.92. The van der Waals surface area contributed by atoms with Gasteiger partial charge in [0.2, 0.25) is 0 Å². The molecule has 2 aromatic carbocycles. The largest absolute Gasteiger partial charge is 0.491 e. The molecule has 0 bridgehead atoms. The fraction of sp³-hybridized carbons (Fsp3) is 0.400. The molecule has 0 spiro atoms. The van der Waals surface area contributed by atoms with Crippen molar-refractivity contribution in [3.05, 3.63) is 66.2 Å². The van der Waals surface area contributed by atoms with Gasteiger partial charge in [0, 0.05) is 11.6 Å². The molecule has 0 aliphatic heterocycles. The first kappa shape index (κ1) is 21.1. The minimum absolute atomic E-state index is 0.0744. The van der Waals surface area contributed by atoms with E-state index in [9.17, 15) is 4.79 Å². The molecule has 4 nitrogen and oxygen atoms in total. The maximum absolute atomic E-state index is 11.5. The number of aliphatic hydroxyl groups excluding tert-OH is 1. The summed E-state index contributed by atoms with van der Waals surface area (Å²) in [5.41, 5.74) is 4.33. The summed E-state index contributed by atoms with van der Waals surface area (Å²) in [6, 6.07) is 14.6. The zero-order valence-corrected chi connectivity index (χ0v) is 17.1. The number of hydrogen-bond acceptors (Lipinski definition) is 4. The molecule has 0 aromatic heterocycles. The quantitative estimate of drug-likeness (QED) is 0.491. The van der Waals surface area contributed by atoms with Crippen molar-refractivity contribution in [1.29, 1.82) is 0 Å². The van der Waals surface area contributed by atoms with E-state index >= 15 is 0 Å². The maximum Gasteiger partial charge on any atom is 0.330 e. The lowest BCUT2D eigenvalue weighted by Gasteiger charge is -2.26. The molecule has 1 N–H and O–H groups in total.